The second-order valence-electron chi connectivity index (χ2n) is 6.22. The zero-order chi connectivity index (χ0) is 18.4. The molecule has 0 spiro atoms. The Morgan fingerprint density at radius 1 is 0.846 bits per heavy atom. The first-order chi connectivity index (χ1) is 12.4. The Bertz CT molecular complexity index is 1020. The number of imidazole rings is 1. The van der Waals surface area contributed by atoms with Gasteiger partial charge in [0.15, 0.2) is 0 Å². The number of nitrogens with zero attached hydrogens (tertiary/aromatic N) is 1. The Kier molecular flexibility index (Phi) is 4.70. The van der Waals surface area contributed by atoms with Crippen molar-refractivity contribution in [2.75, 3.05) is 0 Å². The molecular weight excluding hydrogens is 403 g/mol. The van der Waals surface area contributed by atoms with Crippen molar-refractivity contribution < 1.29 is 0 Å². The predicted octanol–water partition coefficient (Wildman–Crippen LogP) is 7.77. The molecule has 0 amide bonds. The minimum atomic E-state index is 0.767. The highest BCUT2D eigenvalue weighted by molar-refractivity contribution is 7.17. The van der Waals surface area contributed by atoms with E-state index in [0.29, 0.717) is 0 Å². The average Bonchev–Trinajstić information content (AvgIpc) is 3.25. The maximum Gasteiger partial charge on any atom is 0.138 e. The third-order valence-corrected chi connectivity index (χ3v) is 6.69. The molecule has 132 valence electrons. The van der Waals surface area contributed by atoms with Crippen molar-refractivity contribution in [3.05, 3.63) is 60.4 Å². The topological polar surface area (TPSA) is 28.7 Å². The lowest BCUT2D eigenvalue weighted by atomic mass is 10.1. The number of benzene rings is 1. The quantitative estimate of drug-likeness (QED) is 0.361. The van der Waals surface area contributed by atoms with Crippen LogP contribution in [0, 0.1) is 20.8 Å². The second-order valence-corrected chi connectivity index (χ2v) is 9.99. The molecule has 0 aliphatic heterocycles. The van der Waals surface area contributed by atoms with Gasteiger partial charge < -0.3 is 4.98 Å². The number of rotatable bonds is 3. The third-order valence-electron chi connectivity index (χ3n) is 4.33. The zero-order valence-corrected chi connectivity index (χ0v) is 17.6. The highest BCUT2D eigenvalue weighted by Crippen LogP contribution is 2.42. The maximum absolute atomic E-state index is 6.26. The number of hydrogen-bond acceptors (Lipinski definition) is 3. The van der Waals surface area contributed by atoms with Crippen molar-refractivity contribution in [2.45, 2.75) is 20.8 Å². The smallest absolute Gasteiger partial charge is 0.138 e. The van der Waals surface area contributed by atoms with Gasteiger partial charge in [-0.05, 0) is 32.9 Å². The van der Waals surface area contributed by atoms with E-state index in [1.165, 1.54) is 5.56 Å². The van der Waals surface area contributed by atoms with Crippen LogP contribution in [0.3, 0.4) is 0 Å². The van der Waals surface area contributed by atoms with Gasteiger partial charge in [-0.1, -0.05) is 53.0 Å². The van der Waals surface area contributed by atoms with Gasteiger partial charge in [0.1, 0.15) is 5.82 Å². The largest absolute Gasteiger partial charge is 0.337 e. The Morgan fingerprint density at radius 3 is 1.96 bits per heavy atom. The number of aromatic nitrogens is 2. The monoisotopic (exact) mass is 418 g/mol. The molecule has 3 aromatic heterocycles. The lowest BCUT2D eigenvalue weighted by Gasteiger charge is -2.01. The third kappa shape index (κ3) is 3.23. The van der Waals surface area contributed by atoms with E-state index < -0.39 is 0 Å². The SMILES string of the molecule is Cc1ccc(-c2nc(-c3cc(Cl)sc3C)c(-c3cc(Cl)sc3C)[nH]2)cc1. The fraction of sp³-hybridized carbons (Fsp3) is 0.150. The van der Waals surface area contributed by atoms with E-state index in [0.717, 1.165) is 52.3 Å². The van der Waals surface area contributed by atoms with E-state index in [1.807, 2.05) is 12.1 Å². The van der Waals surface area contributed by atoms with Gasteiger partial charge in [-0.3, -0.25) is 0 Å². The van der Waals surface area contributed by atoms with Crippen molar-refractivity contribution in [3.63, 3.8) is 0 Å². The summed E-state index contributed by atoms with van der Waals surface area (Å²) in [5, 5.41) is 0. The fourth-order valence-electron chi connectivity index (χ4n) is 2.99. The van der Waals surface area contributed by atoms with Crippen LogP contribution in [0.2, 0.25) is 8.67 Å². The molecule has 0 unspecified atom stereocenters. The minimum Gasteiger partial charge on any atom is -0.337 e. The van der Waals surface area contributed by atoms with Crippen LogP contribution in [0.5, 0.6) is 0 Å². The van der Waals surface area contributed by atoms with Crippen LogP contribution in [-0.2, 0) is 0 Å². The van der Waals surface area contributed by atoms with E-state index in [2.05, 4.69) is 50.0 Å². The Hall–Kier alpha value is -1.59. The van der Waals surface area contributed by atoms with Gasteiger partial charge in [0, 0.05) is 26.4 Å². The van der Waals surface area contributed by atoms with E-state index in [-0.39, 0.29) is 0 Å². The molecule has 0 bridgehead atoms. The fourth-order valence-corrected chi connectivity index (χ4v) is 5.37. The number of H-pyrrole nitrogens is 1. The van der Waals surface area contributed by atoms with Crippen LogP contribution in [0.1, 0.15) is 15.3 Å². The van der Waals surface area contributed by atoms with Gasteiger partial charge in [0.25, 0.3) is 0 Å². The first-order valence-corrected chi connectivity index (χ1v) is 10.5. The van der Waals surface area contributed by atoms with Crippen molar-refractivity contribution >= 4 is 45.9 Å². The summed E-state index contributed by atoms with van der Waals surface area (Å²) in [5.74, 6) is 0.846. The van der Waals surface area contributed by atoms with Crippen LogP contribution in [0.15, 0.2) is 36.4 Å². The van der Waals surface area contributed by atoms with Crippen LogP contribution in [-0.4, -0.2) is 9.97 Å². The number of halogens is 2. The Morgan fingerprint density at radius 2 is 1.42 bits per heavy atom. The molecule has 4 rings (SSSR count). The summed E-state index contributed by atoms with van der Waals surface area (Å²) < 4.78 is 1.54. The summed E-state index contributed by atoms with van der Waals surface area (Å²) in [5.41, 5.74) is 6.33. The van der Waals surface area contributed by atoms with Gasteiger partial charge in [0.2, 0.25) is 0 Å². The molecule has 0 saturated heterocycles. The van der Waals surface area contributed by atoms with Crippen LogP contribution < -0.4 is 0 Å². The molecule has 0 atom stereocenters. The number of nitrogens with one attached hydrogen (secondary N) is 1. The molecule has 4 aromatic rings. The van der Waals surface area contributed by atoms with Gasteiger partial charge >= 0.3 is 0 Å². The van der Waals surface area contributed by atoms with Crippen LogP contribution in [0.4, 0.5) is 0 Å². The van der Waals surface area contributed by atoms with Crippen molar-refractivity contribution in [2.24, 2.45) is 0 Å². The van der Waals surface area contributed by atoms with E-state index in [1.54, 1.807) is 22.7 Å². The second kappa shape index (κ2) is 6.86. The summed E-state index contributed by atoms with van der Waals surface area (Å²) >= 11 is 15.7. The summed E-state index contributed by atoms with van der Waals surface area (Å²) in [6.45, 7) is 6.23. The van der Waals surface area contributed by atoms with E-state index >= 15 is 0 Å². The van der Waals surface area contributed by atoms with Gasteiger partial charge in [0.05, 0.1) is 20.1 Å². The minimum absolute atomic E-state index is 0.767. The molecule has 0 radical (unpaired) electrons. The maximum atomic E-state index is 6.26. The zero-order valence-electron chi connectivity index (χ0n) is 14.5. The molecule has 1 N–H and O–H groups in total. The molecule has 6 heteroatoms. The first-order valence-electron chi connectivity index (χ1n) is 8.12. The molecule has 2 nitrogen and oxygen atoms in total. The van der Waals surface area contributed by atoms with Crippen molar-refractivity contribution in [1.29, 1.82) is 0 Å². The molecule has 0 aliphatic rings. The van der Waals surface area contributed by atoms with Gasteiger partial charge in [-0.15, -0.1) is 22.7 Å². The average molecular weight is 419 g/mol. The number of aromatic amines is 1. The van der Waals surface area contributed by atoms with Crippen molar-refractivity contribution in [1.82, 2.24) is 9.97 Å². The molecule has 0 saturated carbocycles. The van der Waals surface area contributed by atoms with Gasteiger partial charge in [-0.2, -0.15) is 0 Å². The number of thiophene rings is 2. The lowest BCUT2D eigenvalue weighted by Crippen LogP contribution is -1.83. The standard InChI is InChI=1S/C20H16Cl2N2S2/c1-10-4-6-13(7-5-10)20-23-18(14-8-16(21)25-11(14)2)19(24-20)15-9-17(22)26-12(15)3/h4-9H,1-3H3,(H,23,24). The highest BCUT2D eigenvalue weighted by atomic mass is 35.5. The summed E-state index contributed by atoms with van der Waals surface area (Å²) in [4.78, 5) is 10.8. The predicted molar refractivity (Wildman–Crippen MR) is 115 cm³/mol. The normalized spacial score (nSPS) is 11.3. The van der Waals surface area contributed by atoms with Crippen molar-refractivity contribution in [3.8, 4) is 33.9 Å². The van der Waals surface area contributed by atoms with Gasteiger partial charge in [-0.25, -0.2) is 4.98 Å². The molecular formula is C20H16Cl2N2S2. The molecule has 0 fully saturated rings. The summed E-state index contributed by atoms with van der Waals surface area (Å²) in [7, 11) is 0. The van der Waals surface area contributed by atoms with Crippen LogP contribution in [0.25, 0.3) is 33.9 Å². The number of aryl methyl sites for hydroxylation is 3. The Balaban J connectivity index is 1.95. The highest BCUT2D eigenvalue weighted by Gasteiger charge is 2.20. The molecule has 3 heterocycles. The summed E-state index contributed by atoms with van der Waals surface area (Å²) in [6.07, 6.45) is 0. The van der Waals surface area contributed by atoms with E-state index in [9.17, 15) is 0 Å². The molecule has 1 aromatic carbocycles. The molecule has 26 heavy (non-hydrogen) atoms. The lowest BCUT2D eigenvalue weighted by molar-refractivity contribution is 1.30. The summed E-state index contributed by atoms with van der Waals surface area (Å²) in [6, 6.07) is 12.3. The first kappa shape index (κ1) is 17.8. The van der Waals surface area contributed by atoms with Crippen LogP contribution >= 0.6 is 45.9 Å². The van der Waals surface area contributed by atoms with E-state index in [4.69, 9.17) is 28.2 Å². The Labute approximate surface area is 170 Å². The number of hydrogen-bond donors (Lipinski definition) is 1. The molecule has 0 aliphatic carbocycles.